The maximum Gasteiger partial charge on any atom is 0.290 e. The van der Waals surface area contributed by atoms with Gasteiger partial charge >= 0.3 is 0 Å². The van der Waals surface area contributed by atoms with Gasteiger partial charge in [0.2, 0.25) is 5.56 Å². The Kier molecular flexibility index (Phi) is 6.56. The summed E-state index contributed by atoms with van der Waals surface area (Å²) in [6, 6.07) is 8.44. The molecule has 1 aliphatic heterocycles. The molecule has 1 aromatic carbocycles. The second kappa shape index (κ2) is 9.13. The number of benzene rings is 1. The van der Waals surface area contributed by atoms with Crippen LogP contribution in [0.3, 0.4) is 0 Å². The Labute approximate surface area is 177 Å². The lowest BCUT2D eigenvalue weighted by atomic mass is 10.0. The fraction of sp³-hybridized carbons (Fsp3) is 0.333. The van der Waals surface area contributed by atoms with Crippen LogP contribution in [-0.4, -0.2) is 43.9 Å². The van der Waals surface area contributed by atoms with E-state index < -0.39 is 0 Å². The topological polar surface area (TPSA) is 119 Å². The number of H-pyrrole nitrogens is 2. The third-order valence-electron chi connectivity index (χ3n) is 5.05. The first-order valence-corrected chi connectivity index (χ1v) is 10.0. The predicted molar refractivity (Wildman–Crippen MR) is 114 cm³/mol. The fourth-order valence-corrected chi connectivity index (χ4v) is 3.91. The SMILES string of the molecule is CC(C)c1[nH]c(=O)ccc1C(=O)N1CCCC1c1nc2ccc(Cl)cc2[nH]1.O=CO. The summed E-state index contributed by atoms with van der Waals surface area (Å²) in [6.07, 6.45) is 1.76. The first-order valence-electron chi connectivity index (χ1n) is 9.63. The molecule has 158 valence electrons. The van der Waals surface area contributed by atoms with Crippen molar-refractivity contribution in [3.8, 4) is 0 Å². The molecule has 1 fully saturated rings. The van der Waals surface area contributed by atoms with Crippen LogP contribution in [0.1, 0.15) is 60.5 Å². The molecule has 0 saturated carbocycles. The van der Waals surface area contributed by atoms with Crippen molar-refractivity contribution in [2.24, 2.45) is 0 Å². The Morgan fingerprint density at radius 2 is 2.03 bits per heavy atom. The molecule has 3 N–H and O–H groups in total. The van der Waals surface area contributed by atoms with Crippen molar-refractivity contribution in [2.45, 2.75) is 38.6 Å². The number of hydrogen-bond acceptors (Lipinski definition) is 4. The van der Waals surface area contributed by atoms with Crippen LogP contribution in [0.15, 0.2) is 35.1 Å². The maximum atomic E-state index is 13.3. The molecule has 0 radical (unpaired) electrons. The highest BCUT2D eigenvalue weighted by molar-refractivity contribution is 6.31. The number of fused-ring (bicyclic) bond motifs is 1. The number of nitrogens with one attached hydrogen (secondary N) is 2. The van der Waals surface area contributed by atoms with Gasteiger partial charge in [-0.25, -0.2) is 4.98 Å². The van der Waals surface area contributed by atoms with Crippen LogP contribution in [0.25, 0.3) is 11.0 Å². The molecule has 3 aromatic rings. The largest absolute Gasteiger partial charge is 0.483 e. The van der Waals surface area contributed by atoms with Gasteiger partial charge in [-0.05, 0) is 43.0 Å². The standard InChI is InChI=1S/C20H21ClN4O2.CH2O2/c1-11(2)18-13(6-8-17(26)24-18)20(27)25-9-3-4-16(25)19-22-14-7-5-12(21)10-15(14)23-19;2-1-3/h5-8,10-11,16H,3-4,9H2,1-2H3,(H,22,23)(H,24,26);1H,(H,2,3). The lowest BCUT2D eigenvalue weighted by molar-refractivity contribution is -0.122. The van der Waals surface area contributed by atoms with Crippen LogP contribution in [0.5, 0.6) is 0 Å². The van der Waals surface area contributed by atoms with Gasteiger partial charge in [-0.15, -0.1) is 0 Å². The average molecular weight is 431 g/mol. The van der Waals surface area contributed by atoms with Crippen LogP contribution >= 0.6 is 11.6 Å². The van der Waals surface area contributed by atoms with Gasteiger partial charge in [-0.3, -0.25) is 14.4 Å². The molecule has 1 aliphatic rings. The second-order valence-corrected chi connectivity index (χ2v) is 7.79. The zero-order valence-corrected chi connectivity index (χ0v) is 17.4. The summed E-state index contributed by atoms with van der Waals surface area (Å²) in [6.45, 7) is 4.34. The van der Waals surface area contributed by atoms with E-state index in [4.69, 9.17) is 21.5 Å². The van der Waals surface area contributed by atoms with E-state index in [1.165, 1.54) is 6.07 Å². The number of aromatic amines is 2. The van der Waals surface area contributed by atoms with Gasteiger partial charge in [0.15, 0.2) is 0 Å². The van der Waals surface area contributed by atoms with Crippen LogP contribution in [0.4, 0.5) is 0 Å². The van der Waals surface area contributed by atoms with E-state index in [2.05, 4.69) is 15.0 Å². The summed E-state index contributed by atoms with van der Waals surface area (Å²) in [5.41, 5.74) is 2.73. The molecular formula is C21H23ClN4O4. The number of carbonyl (C=O) groups is 2. The van der Waals surface area contributed by atoms with E-state index in [1.807, 2.05) is 30.9 Å². The Balaban J connectivity index is 0.000000806. The van der Waals surface area contributed by atoms with Crippen molar-refractivity contribution in [3.05, 3.63) is 62.8 Å². The lowest BCUT2D eigenvalue weighted by Crippen LogP contribution is -2.32. The number of imidazole rings is 1. The van der Waals surface area contributed by atoms with E-state index >= 15 is 0 Å². The number of nitrogens with zero attached hydrogens (tertiary/aromatic N) is 2. The predicted octanol–water partition coefficient (Wildman–Crippen LogP) is 3.71. The summed E-state index contributed by atoms with van der Waals surface area (Å²) < 4.78 is 0. The van der Waals surface area contributed by atoms with Gasteiger partial charge in [0.1, 0.15) is 5.82 Å². The zero-order valence-electron chi connectivity index (χ0n) is 16.7. The Morgan fingerprint density at radius 3 is 2.73 bits per heavy atom. The van der Waals surface area contributed by atoms with E-state index in [0.717, 1.165) is 29.7 Å². The van der Waals surface area contributed by atoms with E-state index in [1.54, 1.807) is 12.1 Å². The monoisotopic (exact) mass is 430 g/mol. The molecule has 0 spiro atoms. The molecule has 4 rings (SSSR count). The van der Waals surface area contributed by atoms with Crippen molar-refractivity contribution in [3.63, 3.8) is 0 Å². The number of likely N-dealkylation sites (tertiary alicyclic amines) is 1. The number of aromatic nitrogens is 3. The van der Waals surface area contributed by atoms with Crippen LogP contribution in [0.2, 0.25) is 5.02 Å². The second-order valence-electron chi connectivity index (χ2n) is 7.35. The van der Waals surface area contributed by atoms with Crippen molar-refractivity contribution in [2.75, 3.05) is 6.54 Å². The number of amides is 1. The number of carbonyl (C=O) groups excluding carboxylic acids is 1. The molecule has 1 unspecified atom stereocenters. The summed E-state index contributed by atoms with van der Waals surface area (Å²) in [4.78, 5) is 46.0. The minimum Gasteiger partial charge on any atom is -0.483 e. The summed E-state index contributed by atoms with van der Waals surface area (Å²) in [5, 5.41) is 7.53. The highest BCUT2D eigenvalue weighted by Gasteiger charge is 2.34. The Bertz CT molecular complexity index is 1120. The molecule has 0 aliphatic carbocycles. The average Bonchev–Trinajstić information content (AvgIpc) is 3.34. The zero-order chi connectivity index (χ0) is 21.8. The third-order valence-corrected chi connectivity index (χ3v) is 5.28. The fourth-order valence-electron chi connectivity index (χ4n) is 3.74. The molecular weight excluding hydrogens is 408 g/mol. The van der Waals surface area contributed by atoms with E-state index in [9.17, 15) is 9.59 Å². The first-order chi connectivity index (χ1) is 14.3. The smallest absolute Gasteiger partial charge is 0.290 e. The van der Waals surface area contributed by atoms with Crippen LogP contribution < -0.4 is 5.56 Å². The highest BCUT2D eigenvalue weighted by Crippen LogP contribution is 2.33. The van der Waals surface area contributed by atoms with E-state index in [-0.39, 0.29) is 29.9 Å². The number of rotatable bonds is 3. The van der Waals surface area contributed by atoms with Crippen molar-refractivity contribution in [1.82, 2.24) is 19.9 Å². The summed E-state index contributed by atoms with van der Waals surface area (Å²) in [5.74, 6) is 0.747. The normalized spacial score (nSPS) is 15.9. The third kappa shape index (κ3) is 4.38. The highest BCUT2D eigenvalue weighted by atomic mass is 35.5. The van der Waals surface area contributed by atoms with Gasteiger partial charge in [-0.1, -0.05) is 25.4 Å². The molecule has 1 amide bonds. The van der Waals surface area contributed by atoms with Gasteiger partial charge < -0.3 is 20.0 Å². The van der Waals surface area contributed by atoms with Gasteiger partial charge in [0.25, 0.3) is 12.4 Å². The molecule has 9 heteroatoms. The summed E-state index contributed by atoms with van der Waals surface area (Å²) >= 11 is 6.07. The maximum absolute atomic E-state index is 13.3. The molecule has 1 atom stereocenters. The van der Waals surface area contributed by atoms with Crippen LogP contribution in [0, 0.1) is 0 Å². The van der Waals surface area contributed by atoms with Crippen molar-refractivity contribution in [1.29, 1.82) is 0 Å². The molecule has 1 saturated heterocycles. The molecule has 3 heterocycles. The van der Waals surface area contributed by atoms with Crippen molar-refractivity contribution < 1.29 is 14.7 Å². The minimum absolute atomic E-state index is 0.0484. The Morgan fingerprint density at radius 1 is 1.30 bits per heavy atom. The van der Waals surface area contributed by atoms with Gasteiger partial charge in [0.05, 0.1) is 22.6 Å². The number of carboxylic acid groups (broad SMARTS) is 1. The van der Waals surface area contributed by atoms with Gasteiger partial charge in [-0.2, -0.15) is 0 Å². The molecule has 2 aromatic heterocycles. The Hall–Kier alpha value is -3.13. The molecule has 0 bridgehead atoms. The quantitative estimate of drug-likeness (QED) is 0.547. The van der Waals surface area contributed by atoms with E-state index in [0.29, 0.717) is 22.8 Å². The minimum atomic E-state index is -0.250. The summed E-state index contributed by atoms with van der Waals surface area (Å²) in [7, 11) is 0. The van der Waals surface area contributed by atoms with Gasteiger partial charge in [0, 0.05) is 23.3 Å². The molecule has 30 heavy (non-hydrogen) atoms. The lowest BCUT2D eigenvalue weighted by Gasteiger charge is -2.24. The molecule has 8 nitrogen and oxygen atoms in total. The first kappa shape index (κ1) is 21.6. The number of hydrogen-bond donors (Lipinski definition) is 3. The van der Waals surface area contributed by atoms with Crippen molar-refractivity contribution >= 4 is 35.0 Å². The van der Waals surface area contributed by atoms with Crippen LogP contribution in [-0.2, 0) is 4.79 Å². The number of halogens is 1. The number of pyridine rings is 1.